The zero-order chi connectivity index (χ0) is 29.1. The third-order valence-corrected chi connectivity index (χ3v) is 8.62. The standard InChI is InChI=1S/C34H33N3O4S/c1-3-18-35-23-37(36-19-17-27(38)33(32(36)34(35)39)41-21-24-11-6-5-7-12-24)31-26-14-8-9-16-29(26)42-22-25-13-10-15-28(30(25)31)40-20-4-2/h3,5-17,19,31H,1,4,18,20-23H2,2H3. The Balaban J connectivity index is 1.55. The molecule has 3 heterocycles. The molecule has 1 unspecified atom stereocenters. The summed E-state index contributed by atoms with van der Waals surface area (Å²) >= 11 is 1.79. The van der Waals surface area contributed by atoms with Crippen LogP contribution >= 0.6 is 11.8 Å². The fraction of sp³-hybridized carbons (Fsp3) is 0.235. The molecule has 0 saturated heterocycles. The molecule has 0 spiro atoms. The molecule has 0 radical (unpaired) electrons. The molecule has 8 heteroatoms. The molecule has 214 valence electrons. The molecule has 0 saturated carbocycles. The van der Waals surface area contributed by atoms with Crippen LogP contribution in [0.2, 0.25) is 0 Å². The molecule has 42 heavy (non-hydrogen) atoms. The van der Waals surface area contributed by atoms with E-state index < -0.39 is 0 Å². The number of thioether (sulfide) groups is 1. The molecule has 4 aromatic rings. The van der Waals surface area contributed by atoms with Gasteiger partial charge >= 0.3 is 0 Å². The van der Waals surface area contributed by atoms with E-state index >= 15 is 0 Å². The molecular formula is C34H33N3O4S. The summed E-state index contributed by atoms with van der Waals surface area (Å²) in [5, 5.41) is 2.14. The van der Waals surface area contributed by atoms with Gasteiger partial charge in [0.15, 0.2) is 11.4 Å². The van der Waals surface area contributed by atoms with E-state index in [1.54, 1.807) is 28.9 Å². The first-order valence-corrected chi connectivity index (χ1v) is 15.1. The van der Waals surface area contributed by atoms with Gasteiger partial charge in [-0.3, -0.25) is 19.3 Å². The van der Waals surface area contributed by atoms with Gasteiger partial charge in [-0.15, -0.1) is 18.3 Å². The number of aromatic nitrogens is 1. The maximum absolute atomic E-state index is 14.0. The van der Waals surface area contributed by atoms with E-state index in [0.717, 1.165) is 39.5 Å². The van der Waals surface area contributed by atoms with Crippen LogP contribution in [0.25, 0.3) is 0 Å². The number of benzene rings is 3. The average molecular weight is 580 g/mol. The highest BCUT2D eigenvalue weighted by molar-refractivity contribution is 7.98. The van der Waals surface area contributed by atoms with Gasteiger partial charge in [0.2, 0.25) is 5.43 Å². The zero-order valence-corrected chi connectivity index (χ0v) is 24.4. The maximum Gasteiger partial charge on any atom is 0.278 e. The van der Waals surface area contributed by atoms with Gasteiger partial charge in [-0.1, -0.05) is 73.7 Å². The summed E-state index contributed by atoms with van der Waals surface area (Å²) in [5.41, 5.74) is 4.12. The smallest absolute Gasteiger partial charge is 0.278 e. The third-order valence-electron chi connectivity index (χ3n) is 7.48. The lowest BCUT2D eigenvalue weighted by Gasteiger charge is -2.44. The van der Waals surface area contributed by atoms with Crippen molar-refractivity contribution >= 4 is 17.7 Å². The molecule has 3 aromatic carbocycles. The second-order valence-corrected chi connectivity index (χ2v) is 11.3. The number of fused-ring (bicyclic) bond motifs is 3. The molecule has 2 aliphatic rings. The second-order valence-electron chi connectivity index (χ2n) is 10.3. The van der Waals surface area contributed by atoms with Crippen molar-refractivity contribution in [2.75, 3.05) is 24.8 Å². The lowest BCUT2D eigenvalue weighted by Crippen LogP contribution is -2.55. The molecule has 1 aromatic heterocycles. The van der Waals surface area contributed by atoms with Crippen LogP contribution in [0, 0.1) is 0 Å². The van der Waals surface area contributed by atoms with E-state index in [0.29, 0.717) is 13.2 Å². The largest absolute Gasteiger partial charge is 0.493 e. The number of amides is 1. The molecule has 0 bridgehead atoms. The third kappa shape index (κ3) is 5.18. The first-order chi connectivity index (χ1) is 20.6. The Morgan fingerprint density at radius 2 is 1.79 bits per heavy atom. The summed E-state index contributed by atoms with van der Waals surface area (Å²) in [7, 11) is 0. The predicted molar refractivity (Wildman–Crippen MR) is 166 cm³/mol. The zero-order valence-electron chi connectivity index (χ0n) is 23.6. The van der Waals surface area contributed by atoms with E-state index in [9.17, 15) is 9.59 Å². The number of nitrogens with zero attached hydrogens (tertiary/aromatic N) is 3. The monoisotopic (exact) mass is 579 g/mol. The Hall–Kier alpha value is -4.43. The molecule has 7 nitrogen and oxygen atoms in total. The summed E-state index contributed by atoms with van der Waals surface area (Å²) < 4.78 is 14.3. The maximum atomic E-state index is 14.0. The minimum atomic E-state index is -0.338. The van der Waals surface area contributed by atoms with Crippen LogP contribution in [0.1, 0.15) is 52.1 Å². The molecular weight excluding hydrogens is 546 g/mol. The molecule has 0 aliphatic carbocycles. The molecule has 2 aliphatic heterocycles. The number of pyridine rings is 1. The molecule has 1 amide bonds. The van der Waals surface area contributed by atoms with Crippen LogP contribution in [0.15, 0.2) is 107 Å². The Bertz CT molecular complexity index is 1670. The predicted octanol–water partition coefficient (Wildman–Crippen LogP) is 6.15. The Kier molecular flexibility index (Phi) is 8.06. The van der Waals surface area contributed by atoms with Gasteiger partial charge in [0.05, 0.1) is 6.61 Å². The highest BCUT2D eigenvalue weighted by Crippen LogP contribution is 2.46. The highest BCUT2D eigenvalue weighted by Gasteiger charge is 2.39. The highest BCUT2D eigenvalue weighted by atomic mass is 32.2. The molecule has 6 rings (SSSR count). The summed E-state index contributed by atoms with van der Waals surface area (Å²) in [6.45, 7) is 7.36. The number of carbonyl (C=O) groups excluding carboxylic acids is 1. The van der Waals surface area contributed by atoms with Crippen molar-refractivity contribution < 1.29 is 14.3 Å². The molecule has 0 N–H and O–H groups in total. The van der Waals surface area contributed by atoms with Crippen molar-refractivity contribution in [2.24, 2.45) is 0 Å². The number of ether oxygens (including phenoxy) is 2. The van der Waals surface area contributed by atoms with Gasteiger partial charge in [-0.25, -0.2) is 0 Å². The molecule has 0 fully saturated rings. The SMILES string of the molecule is C=CCN1CN(C2c3ccccc3SCc3cccc(OCCC)c32)n2ccc(=O)c(OCc3ccccc3)c2C1=O. The Morgan fingerprint density at radius 1 is 0.976 bits per heavy atom. The van der Waals surface area contributed by atoms with Gasteiger partial charge in [-0.2, -0.15) is 0 Å². The number of rotatable bonds is 9. The van der Waals surface area contributed by atoms with Crippen molar-refractivity contribution in [3.05, 3.63) is 136 Å². The van der Waals surface area contributed by atoms with E-state index in [1.165, 1.54) is 11.6 Å². The topological polar surface area (TPSA) is 64.0 Å². The minimum absolute atomic E-state index is 0.0390. The number of hydrogen-bond acceptors (Lipinski definition) is 6. The fourth-order valence-electron chi connectivity index (χ4n) is 5.57. The van der Waals surface area contributed by atoms with Crippen LogP contribution in [-0.4, -0.2) is 35.3 Å². The first kappa shape index (κ1) is 27.7. The van der Waals surface area contributed by atoms with Gasteiger partial charge in [0.25, 0.3) is 5.91 Å². The fourth-order valence-corrected chi connectivity index (χ4v) is 6.65. The van der Waals surface area contributed by atoms with Gasteiger partial charge in [-0.05, 0) is 35.2 Å². The van der Waals surface area contributed by atoms with Crippen molar-refractivity contribution in [3.8, 4) is 11.5 Å². The normalized spacial score (nSPS) is 15.7. The van der Waals surface area contributed by atoms with Crippen molar-refractivity contribution in [3.63, 3.8) is 0 Å². The van der Waals surface area contributed by atoms with Gasteiger partial charge < -0.3 is 14.4 Å². The number of hydrogen-bond donors (Lipinski definition) is 0. The lowest BCUT2D eigenvalue weighted by atomic mass is 9.93. The van der Waals surface area contributed by atoms with Crippen LogP contribution < -0.4 is 19.9 Å². The quantitative estimate of drug-likeness (QED) is 0.222. The van der Waals surface area contributed by atoms with Gasteiger partial charge in [0, 0.05) is 35.0 Å². The summed E-state index contributed by atoms with van der Waals surface area (Å²) in [5.74, 6) is 1.38. The van der Waals surface area contributed by atoms with E-state index in [2.05, 4.69) is 42.8 Å². The van der Waals surface area contributed by atoms with E-state index in [-0.39, 0.29) is 42.1 Å². The van der Waals surface area contributed by atoms with Gasteiger partial charge in [0.1, 0.15) is 25.1 Å². The minimum Gasteiger partial charge on any atom is -0.493 e. The van der Waals surface area contributed by atoms with E-state index in [4.69, 9.17) is 9.47 Å². The van der Waals surface area contributed by atoms with Crippen LogP contribution in [-0.2, 0) is 12.4 Å². The Labute approximate surface area is 250 Å². The first-order valence-electron chi connectivity index (χ1n) is 14.2. The average Bonchev–Trinajstić information content (AvgIpc) is 3.19. The van der Waals surface area contributed by atoms with Crippen LogP contribution in [0.5, 0.6) is 11.5 Å². The molecule has 1 atom stereocenters. The van der Waals surface area contributed by atoms with Crippen LogP contribution in [0.3, 0.4) is 0 Å². The summed E-state index contributed by atoms with van der Waals surface area (Å²) in [6, 6.07) is 25.4. The van der Waals surface area contributed by atoms with Crippen LogP contribution in [0.4, 0.5) is 0 Å². The van der Waals surface area contributed by atoms with Crippen molar-refractivity contribution in [1.82, 2.24) is 9.58 Å². The summed E-state index contributed by atoms with van der Waals surface area (Å²) in [6.07, 6.45) is 4.28. The van der Waals surface area contributed by atoms with Crippen molar-refractivity contribution in [2.45, 2.75) is 36.6 Å². The second kappa shape index (κ2) is 12.2. The van der Waals surface area contributed by atoms with E-state index in [1.807, 2.05) is 53.2 Å². The summed E-state index contributed by atoms with van der Waals surface area (Å²) in [4.78, 5) is 30.1. The lowest BCUT2D eigenvalue weighted by molar-refractivity contribution is 0.0697. The Morgan fingerprint density at radius 3 is 2.60 bits per heavy atom. The number of carbonyl (C=O) groups is 1. The van der Waals surface area contributed by atoms with Crippen molar-refractivity contribution in [1.29, 1.82) is 0 Å².